The summed E-state index contributed by atoms with van der Waals surface area (Å²) in [6, 6.07) is 5.34. The minimum absolute atomic E-state index is 0.0870. The Bertz CT molecular complexity index is 1000. The highest BCUT2D eigenvalue weighted by molar-refractivity contribution is 5.84. The number of phenolic OH excluding ortho intramolecular Hbond substituents is 1. The van der Waals surface area contributed by atoms with E-state index >= 15 is 0 Å². The summed E-state index contributed by atoms with van der Waals surface area (Å²) < 4.78 is 7.15. The molecular weight excluding hydrogens is 384 g/mol. The zero-order valence-corrected chi connectivity index (χ0v) is 18.0. The lowest BCUT2D eigenvalue weighted by atomic mass is 10.1. The predicted molar refractivity (Wildman–Crippen MR) is 117 cm³/mol. The molecule has 30 heavy (non-hydrogen) atoms. The van der Waals surface area contributed by atoms with Crippen LogP contribution in [0.3, 0.4) is 0 Å². The maximum absolute atomic E-state index is 10.4. The highest BCUT2D eigenvalue weighted by atomic mass is 16.5. The Morgan fingerprint density at radius 1 is 1.20 bits per heavy atom. The molecule has 2 heterocycles. The van der Waals surface area contributed by atoms with Gasteiger partial charge in [0.2, 0.25) is 5.95 Å². The van der Waals surface area contributed by atoms with Crippen LogP contribution in [0.15, 0.2) is 24.5 Å². The van der Waals surface area contributed by atoms with Gasteiger partial charge >= 0.3 is 0 Å². The lowest BCUT2D eigenvalue weighted by molar-refractivity contribution is 0.169. The van der Waals surface area contributed by atoms with E-state index in [-0.39, 0.29) is 17.8 Å². The smallest absolute Gasteiger partial charge is 0.227 e. The average molecular weight is 415 g/mol. The normalized spacial score (nSPS) is 13.4. The molecule has 2 aromatic heterocycles. The van der Waals surface area contributed by atoms with Crippen LogP contribution in [-0.2, 0) is 6.54 Å². The molecular formula is C21H30N6O3. The van der Waals surface area contributed by atoms with E-state index < -0.39 is 6.10 Å². The molecule has 0 radical (unpaired) electrons. The minimum Gasteiger partial charge on any atom is -0.504 e. The van der Waals surface area contributed by atoms with E-state index in [1.54, 1.807) is 19.3 Å². The van der Waals surface area contributed by atoms with E-state index in [0.717, 1.165) is 6.42 Å². The van der Waals surface area contributed by atoms with Crippen molar-refractivity contribution in [2.75, 3.05) is 17.7 Å². The number of nitrogens with zero attached hydrogens (tertiary/aromatic N) is 4. The molecule has 0 aliphatic carbocycles. The zero-order chi connectivity index (χ0) is 21.8. The molecule has 162 valence electrons. The number of imidazole rings is 1. The van der Waals surface area contributed by atoms with E-state index in [1.807, 2.05) is 23.6 Å². The maximum atomic E-state index is 10.4. The Hall–Kier alpha value is -3.07. The van der Waals surface area contributed by atoms with Crippen molar-refractivity contribution in [1.82, 2.24) is 19.5 Å². The number of hydrogen-bond acceptors (Lipinski definition) is 8. The van der Waals surface area contributed by atoms with Gasteiger partial charge in [0, 0.05) is 18.2 Å². The van der Waals surface area contributed by atoms with E-state index in [9.17, 15) is 10.2 Å². The van der Waals surface area contributed by atoms with Gasteiger partial charge in [0.15, 0.2) is 28.5 Å². The van der Waals surface area contributed by atoms with Gasteiger partial charge in [-0.3, -0.25) is 0 Å². The number of benzene rings is 1. The molecule has 9 heteroatoms. The van der Waals surface area contributed by atoms with Crippen LogP contribution in [0, 0.1) is 0 Å². The summed E-state index contributed by atoms with van der Waals surface area (Å²) in [4.78, 5) is 13.7. The molecule has 4 N–H and O–H groups in total. The third kappa shape index (κ3) is 4.40. The summed E-state index contributed by atoms with van der Waals surface area (Å²) in [7, 11) is 1.52. The number of phenols is 1. The molecule has 0 aliphatic heterocycles. The summed E-state index contributed by atoms with van der Waals surface area (Å²) >= 11 is 0. The molecule has 1 aromatic carbocycles. The fraction of sp³-hybridized carbons (Fsp3) is 0.476. The number of ether oxygens (including phenoxy) is 1. The first-order chi connectivity index (χ1) is 14.3. The molecule has 0 amide bonds. The Labute approximate surface area is 176 Å². The topological polar surface area (TPSA) is 117 Å². The van der Waals surface area contributed by atoms with Crippen LogP contribution in [-0.4, -0.2) is 49.0 Å². The average Bonchev–Trinajstić information content (AvgIpc) is 3.15. The van der Waals surface area contributed by atoms with Gasteiger partial charge in [0.1, 0.15) is 0 Å². The Kier molecular flexibility index (Phi) is 6.61. The second-order valence-electron chi connectivity index (χ2n) is 7.53. The third-order valence-electron chi connectivity index (χ3n) is 5.06. The Morgan fingerprint density at radius 2 is 1.97 bits per heavy atom. The molecule has 2 atom stereocenters. The molecule has 0 saturated carbocycles. The van der Waals surface area contributed by atoms with Gasteiger partial charge in [-0.25, -0.2) is 4.98 Å². The largest absolute Gasteiger partial charge is 0.504 e. The molecule has 2 unspecified atom stereocenters. The molecule has 0 saturated heterocycles. The number of para-hydroxylation sites is 1. The lowest BCUT2D eigenvalue weighted by Crippen LogP contribution is -2.31. The van der Waals surface area contributed by atoms with E-state index in [2.05, 4.69) is 39.4 Å². The number of aliphatic hydroxyl groups excluding tert-OH is 1. The quantitative estimate of drug-likeness (QED) is 0.421. The fourth-order valence-electron chi connectivity index (χ4n) is 3.27. The van der Waals surface area contributed by atoms with Gasteiger partial charge < -0.3 is 30.2 Å². The van der Waals surface area contributed by atoms with E-state index in [0.29, 0.717) is 40.8 Å². The fourth-order valence-corrected chi connectivity index (χ4v) is 3.27. The summed E-state index contributed by atoms with van der Waals surface area (Å²) in [5, 5.41) is 26.9. The first-order valence-corrected chi connectivity index (χ1v) is 10.1. The second kappa shape index (κ2) is 9.17. The number of nitrogens with one attached hydrogen (secondary N) is 2. The van der Waals surface area contributed by atoms with Crippen LogP contribution in [0.5, 0.6) is 11.5 Å². The molecule has 9 nitrogen and oxygen atoms in total. The van der Waals surface area contributed by atoms with Crippen molar-refractivity contribution < 1.29 is 14.9 Å². The zero-order valence-electron chi connectivity index (χ0n) is 18.0. The molecule has 3 rings (SSSR count). The summed E-state index contributed by atoms with van der Waals surface area (Å²) in [5.41, 5.74) is 2.01. The number of aromatic hydroxyl groups is 1. The molecule has 0 fully saturated rings. The third-order valence-corrected chi connectivity index (χ3v) is 5.06. The first-order valence-electron chi connectivity index (χ1n) is 10.1. The van der Waals surface area contributed by atoms with Crippen molar-refractivity contribution in [1.29, 1.82) is 0 Å². The van der Waals surface area contributed by atoms with Crippen molar-refractivity contribution in [3.63, 3.8) is 0 Å². The van der Waals surface area contributed by atoms with Crippen molar-refractivity contribution in [2.45, 2.75) is 58.8 Å². The van der Waals surface area contributed by atoms with E-state index in [4.69, 9.17) is 4.74 Å². The Balaban J connectivity index is 1.98. The number of fused-ring (bicyclic) bond motifs is 1. The Morgan fingerprint density at radius 3 is 2.60 bits per heavy atom. The molecule has 0 spiro atoms. The van der Waals surface area contributed by atoms with Gasteiger partial charge in [-0.2, -0.15) is 9.97 Å². The van der Waals surface area contributed by atoms with Crippen LogP contribution in [0.25, 0.3) is 11.2 Å². The van der Waals surface area contributed by atoms with Crippen LogP contribution < -0.4 is 15.4 Å². The summed E-state index contributed by atoms with van der Waals surface area (Å²) in [6.45, 7) is 8.18. The van der Waals surface area contributed by atoms with Crippen molar-refractivity contribution in [3.05, 3.63) is 30.1 Å². The molecule has 0 aliphatic rings. The van der Waals surface area contributed by atoms with Crippen LogP contribution in [0.4, 0.5) is 11.8 Å². The molecule has 3 aromatic rings. The maximum Gasteiger partial charge on any atom is 0.227 e. The molecule has 0 bridgehead atoms. The van der Waals surface area contributed by atoms with Crippen LogP contribution >= 0.6 is 0 Å². The number of aliphatic hydroxyl groups is 1. The second-order valence-corrected chi connectivity index (χ2v) is 7.53. The standard InChI is InChI=1S/C21H30N6O3/c1-6-15(13(4)28)24-21-25-19(17-20(26-21)27(11-23-17)12(2)3)22-10-14-8-7-9-16(30-5)18(14)29/h7-9,11-13,15,28-29H,6,10H2,1-5H3,(H2,22,24,25,26). The van der Waals surface area contributed by atoms with Gasteiger partial charge in [-0.15, -0.1) is 0 Å². The van der Waals surface area contributed by atoms with Crippen molar-refractivity contribution in [3.8, 4) is 11.5 Å². The highest BCUT2D eigenvalue weighted by Gasteiger charge is 2.19. The number of anilines is 2. The van der Waals surface area contributed by atoms with Crippen molar-refractivity contribution >= 4 is 22.9 Å². The minimum atomic E-state index is -0.547. The number of aromatic nitrogens is 4. The number of methoxy groups -OCH3 is 1. The van der Waals surface area contributed by atoms with Crippen molar-refractivity contribution in [2.24, 2.45) is 0 Å². The van der Waals surface area contributed by atoms with E-state index in [1.165, 1.54) is 7.11 Å². The SMILES string of the molecule is CCC(Nc1nc(NCc2cccc(OC)c2O)c2ncn(C(C)C)c2n1)C(C)O. The number of rotatable bonds is 9. The first kappa shape index (κ1) is 21.6. The summed E-state index contributed by atoms with van der Waals surface area (Å²) in [6.07, 6.45) is 1.92. The van der Waals surface area contributed by atoms with Gasteiger partial charge in [-0.05, 0) is 33.3 Å². The number of hydrogen-bond donors (Lipinski definition) is 4. The predicted octanol–water partition coefficient (Wildman–Crippen LogP) is 3.30. The lowest BCUT2D eigenvalue weighted by Gasteiger charge is -2.20. The van der Waals surface area contributed by atoms with Gasteiger partial charge in [0.25, 0.3) is 0 Å². The van der Waals surface area contributed by atoms with Crippen LogP contribution in [0.1, 0.15) is 45.7 Å². The van der Waals surface area contributed by atoms with Gasteiger partial charge in [0.05, 0.1) is 25.6 Å². The van der Waals surface area contributed by atoms with Gasteiger partial charge in [-0.1, -0.05) is 19.1 Å². The monoisotopic (exact) mass is 414 g/mol. The highest BCUT2D eigenvalue weighted by Crippen LogP contribution is 2.30. The van der Waals surface area contributed by atoms with Crippen LogP contribution in [0.2, 0.25) is 0 Å². The summed E-state index contributed by atoms with van der Waals surface area (Å²) in [5.74, 6) is 1.46.